The van der Waals surface area contributed by atoms with Gasteiger partial charge in [0.1, 0.15) is 6.10 Å². The summed E-state index contributed by atoms with van der Waals surface area (Å²) in [5.74, 6) is 0.768. The van der Waals surface area contributed by atoms with Crippen LogP contribution >= 0.6 is 0 Å². The second-order valence-corrected chi connectivity index (χ2v) is 3.66. The Morgan fingerprint density at radius 1 is 1.27 bits per heavy atom. The highest BCUT2D eigenvalue weighted by molar-refractivity contribution is 5.18. The molecule has 0 fully saturated rings. The van der Waals surface area contributed by atoms with Gasteiger partial charge in [0.2, 0.25) is 5.88 Å². The van der Waals surface area contributed by atoms with Crippen LogP contribution in [0.4, 0.5) is 0 Å². The Balaban J connectivity index is 2.72. The summed E-state index contributed by atoms with van der Waals surface area (Å²) in [4.78, 5) is 4.26. The monoisotopic (exact) mass is 211 g/mol. The molecule has 0 radical (unpaired) electrons. The van der Waals surface area contributed by atoms with Crippen LogP contribution in [0, 0.1) is 0 Å². The maximum atomic E-state index is 8.85. The van der Waals surface area contributed by atoms with E-state index < -0.39 is 6.10 Å². The lowest BCUT2D eigenvalue weighted by molar-refractivity contribution is 0.0595. The number of aliphatic hydroxyl groups excluding tert-OH is 2. The van der Waals surface area contributed by atoms with E-state index >= 15 is 0 Å². The topological polar surface area (TPSA) is 62.6 Å². The molecular formula is C11H17NO3. The largest absolute Gasteiger partial charge is 0.469 e. The maximum Gasteiger partial charge on any atom is 0.213 e. The minimum atomic E-state index is -0.597. The number of nitrogens with zero attached hydrogens (tertiary/aromatic N) is 1. The molecule has 84 valence electrons. The van der Waals surface area contributed by atoms with Crippen LogP contribution < -0.4 is 4.74 Å². The molecule has 2 N–H and O–H groups in total. The van der Waals surface area contributed by atoms with Gasteiger partial charge >= 0.3 is 0 Å². The van der Waals surface area contributed by atoms with Crippen molar-refractivity contribution in [3.8, 4) is 5.88 Å². The Hall–Kier alpha value is -1.13. The molecule has 0 aliphatic heterocycles. The quantitative estimate of drug-likeness (QED) is 0.760. The molecule has 0 saturated carbocycles. The molecule has 0 unspecified atom stereocenters. The number of hydrogen-bond donors (Lipinski definition) is 2. The van der Waals surface area contributed by atoms with Crippen LogP contribution in [0.25, 0.3) is 0 Å². The van der Waals surface area contributed by atoms with Gasteiger partial charge < -0.3 is 14.9 Å². The second kappa shape index (κ2) is 5.68. The number of hydrogen-bond acceptors (Lipinski definition) is 4. The van der Waals surface area contributed by atoms with Crippen molar-refractivity contribution in [1.29, 1.82) is 0 Å². The number of pyridine rings is 1. The van der Waals surface area contributed by atoms with Gasteiger partial charge in [0.05, 0.1) is 13.2 Å². The van der Waals surface area contributed by atoms with Gasteiger partial charge in [-0.25, -0.2) is 4.98 Å². The Labute approximate surface area is 89.5 Å². The van der Waals surface area contributed by atoms with Crippen LogP contribution in [-0.2, 0) is 0 Å². The van der Waals surface area contributed by atoms with Gasteiger partial charge in [0.25, 0.3) is 0 Å². The predicted octanol–water partition coefficient (Wildman–Crippen LogP) is 0.937. The third kappa shape index (κ3) is 3.49. The molecule has 0 spiro atoms. The first-order valence-electron chi connectivity index (χ1n) is 5.02. The zero-order chi connectivity index (χ0) is 11.3. The van der Waals surface area contributed by atoms with Crippen molar-refractivity contribution in [2.75, 3.05) is 13.2 Å². The lowest BCUT2D eigenvalue weighted by Gasteiger charge is -2.14. The molecule has 0 aliphatic carbocycles. The lowest BCUT2D eigenvalue weighted by Crippen LogP contribution is -2.25. The Morgan fingerprint density at radius 3 is 2.47 bits per heavy atom. The average Bonchev–Trinajstić information content (AvgIpc) is 2.26. The number of rotatable bonds is 5. The molecule has 0 aromatic carbocycles. The van der Waals surface area contributed by atoms with E-state index in [1.807, 2.05) is 26.0 Å². The predicted molar refractivity (Wildman–Crippen MR) is 56.9 cm³/mol. The lowest BCUT2D eigenvalue weighted by atomic mass is 10.1. The van der Waals surface area contributed by atoms with E-state index in [1.165, 1.54) is 0 Å². The van der Waals surface area contributed by atoms with E-state index in [0.717, 1.165) is 5.69 Å². The minimum Gasteiger partial charge on any atom is -0.469 e. The van der Waals surface area contributed by atoms with Crippen LogP contribution in [0.15, 0.2) is 18.2 Å². The molecule has 1 aromatic rings. The van der Waals surface area contributed by atoms with Crippen molar-refractivity contribution in [3.63, 3.8) is 0 Å². The zero-order valence-corrected chi connectivity index (χ0v) is 9.05. The van der Waals surface area contributed by atoms with Crippen molar-refractivity contribution >= 4 is 0 Å². The summed E-state index contributed by atoms with van der Waals surface area (Å²) in [7, 11) is 0. The molecule has 4 nitrogen and oxygen atoms in total. The highest BCUT2D eigenvalue weighted by Gasteiger charge is 2.09. The standard InChI is InChI=1S/C11H17NO3/c1-8(2)10-4-3-5-11(12-10)15-9(6-13)7-14/h3-5,8-9,13-14H,6-7H2,1-2H3. The first kappa shape index (κ1) is 11.9. The van der Waals surface area contributed by atoms with Crippen molar-refractivity contribution in [2.24, 2.45) is 0 Å². The molecule has 0 aliphatic rings. The van der Waals surface area contributed by atoms with Gasteiger partial charge in [0.15, 0.2) is 0 Å². The Bertz CT molecular complexity index is 298. The van der Waals surface area contributed by atoms with Crippen molar-refractivity contribution in [1.82, 2.24) is 4.98 Å². The summed E-state index contributed by atoms with van der Waals surface area (Å²) in [5, 5.41) is 17.7. The third-order valence-corrected chi connectivity index (χ3v) is 2.03. The second-order valence-electron chi connectivity index (χ2n) is 3.66. The van der Waals surface area contributed by atoms with E-state index in [1.54, 1.807) is 6.07 Å². The zero-order valence-electron chi connectivity index (χ0n) is 9.05. The van der Waals surface area contributed by atoms with E-state index in [2.05, 4.69) is 4.98 Å². The normalized spacial score (nSPS) is 11.1. The first-order chi connectivity index (χ1) is 7.17. The summed E-state index contributed by atoms with van der Waals surface area (Å²) < 4.78 is 5.29. The van der Waals surface area contributed by atoms with Gasteiger partial charge in [-0.1, -0.05) is 19.9 Å². The van der Waals surface area contributed by atoms with E-state index in [4.69, 9.17) is 14.9 Å². The summed E-state index contributed by atoms with van der Waals surface area (Å²) in [6.45, 7) is 3.65. The molecule has 1 aromatic heterocycles. The molecule has 0 saturated heterocycles. The summed E-state index contributed by atoms with van der Waals surface area (Å²) in [5.41, 5.74) is 0.933. The van der Waals surface area contributed by atoms with Gasteiger partial charge in [-0.2, -0.15) is 0 Å². The van der Waals surface area contributed by atoms with Crippen LogP contribution in [0.3, 0.4) is 0 Å². The van der Waals surface area contributed by atoms with E-state index in [0.29, 0.717) is 11.8 Å². The molecule has 4 heteroatoms. The Morgan fingerprint density at radius 2 is 1.93 bits per heavy atom. The number of aromatic nitrogens is 1. The van der Waals surface area contributed by atoms with Crippen LogP contribution in [0.5, 0.6) is 5.88 Å². The minimum absolute atomic E-state index is 0.218. The summed E-state index contributed by atoms with van der Waals surface area (Å²) >= 11 is 0. The highest BCUT2D eigenvalue weighted by atomic mass is 16.5. The van der Waals surface area contributed by atoms with Crippen molar-refractivity contribution in [3.05, 3.63) is 23.9 Å². The fourth-order valence-corrected chi connectivity index (χ4v) is 1.12. The molecule has 15 heavy (non-hydrogen) atoms. The van der Waals surface area contributed by atoms with E-state index in [9.17, 15) is 0 Å². The van der Waals surface area contributed by atoms with Crippen molar-refractivity contribution < 1.29 is 14.9 Å². The number of aliphatic hydroxyl groups is 2. The molecule has 1 heterocycles. The van der Waals surface area contributed by atoms with Gasteiger partial charge in [-0.05, 0) is 12.0 Å². The summed E-state index contributed by atoms with van der Waals surface area (Å²) in [6, 6.07) is 5.48. The van der Waals surface area contributed by atoms with Crippen LogP contribution in [-0.4, -0.2) is 34.5 Å². The molecule has 0 amide bonds. The van der Waals surface area contributed by atoms with Crippen LogP contribution in [0.2, 0.25) is 0 Å². The first-order valence-corrected chi connectivity index (χ1v) is 5.02. The highest BCUT2D eigenvalue weighted by Crippen LogP contribution is 2.16. The van der Waals surface area contributed by atoms with Gasteiger partial charge in [0, 0.05) is 11.8 Å². The summed E-state index contributed by atoms with van der Waals surface area (Å²) in [6.07, 6.45) is -0.597. The maximum absolute atomic E-state index is 8.85. The average molecular weight is 211 g/mol. The third-order valence-electron chi connectivity index (χ3n) is 2.03. The molecular weight excluding hydrogens is 194 g/mol. The molecule has 0 atom stereocenters. The van der Waals surface area contributed by atoms with Gasteiger partial charge in [-0.15, -0.1) is 0 Å². The van der Waals surface area contributed by atoms with Gasteiger partial charge in [-0.3, -0.25) is 0 Å². The number of ether oxygens (including phenoxy) is 1. The van der Waals surface area contributed by atoms with Crippen LogP contribution in [0.1, 0.15) is 25.5 Å². The fourth-order valence-electron chi connectivity index (χ4n) is 1.12. The smallest absolute Gasteiger partial charge is 0.213 e. The molecule has 1 rings (SSSR count). The van der Waals surface area contributed by atoms with Crippen molar-refractivity contribution in [2.45, 2.75) is 25.9 Å². The fraction of sp³-hybridized carbons (Fsp3) is 0.545. The SMILES string of the molecule is CC(C)c1cccc(OC(CO)CO)n1. The Kier molecular flexibility index (Phi) is 4.52. The molecule has 0 bridgehead atoms. The van der Waals surface area contributed by atoms with E-state index in [-0.39, 0.29) is 13.2 Å².